The van der Waals surface area contributed by atoms with Gasteiger partial charge in [-0.1, -0.05) is 20.8 Å². The van der Waals surface area contributed by atoms with Gasteiger partial charge in [-0.2, -0.15) is 19.7 Å². The first-order valence-electron chi connectivity index (χ1n) is 6.69. The van der Waals surface area contributed by atoms with Gasteiger partial charge >= 0.3 is 0 Å². The van der Waals surface area contributed by atoms with Gasteiger partial charge in [0.15, 0.2) is 0 Å². The summed E-state index contributed by atoms with van der Waals surface area (Å²) >= 11 is 0. The maximum Gasteiger partial charge on any atom is 0.214 e. The first-order valence-corrected chi connectivity index (χ1v) is 8.30. The van der Waals surface area contributed by atoms with Gasteiger partial charge in [-0.15, -0.1) is 0 Å². The second-order valence-electron chi connectivity index (χ2n) is 6.60. The van der Waals surface area contributed by atoms with Crippen LogP contribution in [0.2, 0.25) is 0 Å². The molecule has 1 aromatic rings. The van der Waals surface area contributed by atoms with Gasteiger partial charge in [-0.25, -0.2) is 8.42 Å². The van der Waals surface area contributed by atoms with Gasteiger partial charge in [0.05, 0.1) is 11.9 Å². The summed E-state index contributed by atoms with van der Waals surface area (Å²) < 4.78 is 26.0. The van der Waals surface area contributed by atoms with Gasteiger partial charge in [-0.3, -0.25) is 0 Å². The van der Waals surface area contributed by atoms with Crippen LogP contribution in [-0.2, 0) is 15.6 Å². The number of aliphatic hydroxyl groups is 1. The fourth-order valence-electron chi connectivity index (χ4n) is 2.20. The van der Waals surface area contributed by atoms with E-state index in [4.69, 9.17) is 0 Å². The van der Waals surface area contributed by atoms with Crippen molar-refractivity contribution in [3.8, 4) is 0 Å². The second-order valence-corrected chi connectivity index (χ2v) is 8.69. The zero-order chi connectivity index (χ0) is 15.0. The van der Waals surface area contributed by atoms with Crippen LogP contribution in [0.1, 0.15) is 39.3 Å². The molecule has 114 valence electrons. The van der Waals surface area contributed by atoms with E-state index in [0.717, 1.165) is 0 Å². The van der Waals surface area contributed by atoms with Crippen molar-refractivity contribution in [2.45, 2.75) is 39.2 Å². The minimum absolute atomic E-state index is 0.0325. The number of sulfonamides is 1. The molecule has 1 fully saturated rings. The van der Waals surface area contributed by atoms with E-state index in [1.807, 2.05) is 20.8 Å². The predicted molar refractivity (Wildman–Crippen MR) is 74.3 cm³/mol. The van der Waals surface area contributed by atoms with Crippen molar-refractivity contribution in [1.82, 2.24) is 19.7 Å². The van der Waals surface area contributed by atoms with Crippen LogP contribution in [0, 0.1) is 5.41 Å². The Labute approximate surface area is 119 Å². The molecule has 0 saturated carbocycles. The van der Waals surface area contributed by atoms with Gasteiger partial charge in [0.25, 0.3) is 0 Å². The highest BCUT2D eigenvalue weighted by atomic mass is 32.2. The van der Waals surface area contributed by atoms with E-state index in [0.29, 0.717) is 25.1 Å². The molecule has 0 radical (unpaired) electrons. The fourth-order valence-corrected chi connectivity index (χ4v) is 4.10. The Morgan fingerprint density at radius 1 is 1.50 bits per heavy atom. The van der Waals surface area contributed by atoms with Crippen LogP contribution in [0.5, 0.6) is 0 Å². The van der Waals surface area contributed by atoms with E-state index < -0.39 is 15.6 Å². The third-order valence-corrected chi connectivity index (χ3v) is 5.43. The molecule has 8 heteroatoms. The molecule has 2 N–H and O–H groups in total. The number of aromatic amines is 1. The summed E-state index contributed by atoms with van der Waals surface area (Å²) in [6.07, 6.45) is 2.37. The molecule has 1 aliphatic rings. The lowest BCUT2D eigenvalue weighted by molar-refractivity contribution is 0.0485. The van der Waals surface area contributed by atoms with Crippen molar-refractivity contribution in [3.63, 3.8) is 0 Å². The highest BCUT2D eigenvalue weighted by Gasteiger charge is 2.44. The van der Waals surface area contributed by atoms with Crippen LogP contribution in [-0.4, -0.2) is 52.1 Å². The second kappa shape index (κ2) is 5.09. The van der Waals surface area contributed by atoms with Crippen molar-refractivity contribution in [3.05, 3.63) is 11.9 Å². The maximum atomic E-state index is 12.3. The standard InChI is InChI=1S/C12H22N4O3S/c1-11(2,3)5-7-20(18,19)16-6-4-12(17,9-16)10-8-13-15-14-10/h8,17H,4-7,9H2,1-3H3,(H,13,14,15)/t12-/m0/s1. The van der Waals surface area contributed by atoms with Gasteiger partial charge in [-0.05, 0) is 18.3 Å². The quantitative estimate of drug-likeness (QED) is 0.842. The Bertz CT molecular complexity index is 550. The van der Waals surface area contributed by atoms with E-state index >= 15 is 0 Å². The summed E-state index contributed by atoms with van der Waals surface area (Å²) in [5.74, 6) is 0.103. The largest absolute Gasteiger partial charge is 0.382 e. The molecule has 2 heterocycles. The number of aromatic nitrogens is 3. The van der Waals surface area contributed by atoms with Gasteiger partial charge in [0, 0.05) is 13.1 Å². The summed E-state index contributed by atoms with van der Waals surface area (Å²) in [6, 6.07) is 0. The zero-order valence-electron chi connectivity index (χ0n) is 12.1. The minimum Gasteiger partial charge on any atom is -0.382 e. The predicted octanol–water partition coefficient (Wildman–Crippen LogP) is 0.464. The summed E-state index contributed by atoms with van der Waals surface area (Å²) in [5.41, 5.74) is -0.872. The Balaban J connectivity index is 2.05. The van der Waals surface area contributed by atoms with Crippen LogP contribution in [0.25, 0.3) is 0 Å². The number of β-amino-alcohol motifs (C(OH)–C–C–N with tert-alkyl or cyclic N) is 1. The molecule has 0 aliphatic carbocycles. The van der Waals surface area contributed by atoms with Crippen LogP contribution in [0.15, 0.2) is 6.20 Å². The van der Waals surface area contributed by atoms with Crippen molar-refractivity contribution >= 4 is 10.0 Å². The average Bonchev–Trinajstić information content (AvgIpc) is 2.95. The molecule has 0 unspecified atom stereocenters. The Morgan fingerprint density at radius 2 is 2.20 bits per heavy atom. The minimum atomic E-state index is -3.34. The monoisotopic (exact) mass is 302 g/mol. The van der Waals surface area contributed by atoms with Crippen LogP contribution in [0.3, 0.4) is 0 Å². The molecule has 0 spiro atoms. The summed E-state index contributed by atoms with van der Waals surface area (Å²) in [6.45, 7) is 6.40. The van der Waals surface area contributed by atoms with E-state index in [2.05, 4.69) is 15.4 Å². The summed E-state index contributed by atoms with van der Waals surface area (Å²) in [5, 5.41) is 20.5. The van der Waals surface area contributed by atoms with E-state index in [9.17, 15) is 13.5 Å². The summed E-state index contributed by atoms with van der Waals surface area (Å²) in [7, 11) is -3.34. The molecule has 2 rings (SSSR count). The highest BCUT2D eigenvalue weighted by Crippen LogP contribution is 2.32. The zero-order valence-corrected chi connectivity index (χ0v) is 12.9. The lowest BCUT2D eigenvalue weighted by Crippen LogP contribution is -2.36. The molecular weight excluding hydrogens is 280 g/mol. The first-order chi connectivity index (χ1) is 9.12. The van der Waals surface area contributed by atoms with Crippen molar-refractivity contribution < 1.29 is 13.5 Å². The number of H-pyrrole nitrogens is 1. The number of hydrogen-bond acceptors (Lipinski definition) is 5. The Morgan fingerprint density at radius 3 is 2.75 bits per heavy atom. The number of nitrogens with one attached hydrogen (secondary N) is 1. The molecule has 7 nitrogen and oxygen atoms in total. The lowest BCUT2D eigenvalue weighted by atomic mass is 9.94. The average molecular weight is 302 g/mol. The van der Waals surface area contributed by atoms with Gasteiger partial charge in [0.2, 0.25) is 10.0 Å². The molecule has 1 atom stereocenters. The Hall–Kier alpha value is -0.990. The van der Waals surface area contributed by atoms with Crippen LogP contribution >= 0.6 is 0 Å². The molecule has 0 bridgehead atoms. The normalized spacial score (nSPS) is 25.2. The van der Waals surface area contributed by atoms with Crippen molar-refractivity contribution in [1.29, 1.82) is 0 Å². The molecule has 0 aromatic carbocycles. The van der Waals surface area contributed by atoms with Crippen LogP contribution in [0.4, 0.5) is 0 Å². The number of rotatable bonds is 4. The highest BCUT2D eigenvalue weighted by molar-refractivity contribution is 7.89. The van der Waals surface area contributed by atoms with E-state index in [1.54, 1.807) is 0 Å². The van der Waals surface area contributed by atoms with Gasteiger partial charge < -0.3 is 5.11 Å². The smallest absolute Gasteiger partial charge is 0.214 e. The molecular formula is C12H22N4O3S. The van der Waals surface area contributed by atoms with E-state index in [-0.39, 0.29) is 17.7 Å². The molecule has 1 aromatic heterocycles. The Kier molecular flexibility index (Phi) is 3.92. The molecule has 0 amide bonds. The van der Waals surface area contributed by atoms with Crippen LogP contribution < -0.4 is 0 Å². The maximum absolute atomic E-state index is 12.3. The molecule has 20 heavy (non-hydrogen) atoms. The topological polar surface area (TPSA) is 99.2 Å². The summed E-state index contributed by atoms with van der Waals surface area (Å²) in [4.78, 5) is 0. The lowest BCUT2D eigenvalue weighted by Gasteiger charge is -2.23. The third-order valence-electron chi connectivity index (χ3n) is 3.61. The SMILES string of the molecule is CC(C)(C)CCS(=O)(=O)N1CC[C@@](O)(c2cn[nH]n2)C1. The van der Waals surface area contributed by atoms with Crippen molar-refractivity contribution in [2.75, 3.05) is 18.8 Å². The first kappa shape index (κ1) is 15.4. The third kappa shape index (κ3) is 3.36. The molecule has 1 aliphatic heterocycles. The van der Waals surface area contributed by atoms with Gasteiger partial charge in [0.1, 0.15) is 11.3 Å². The number of hydrogen-bond donors (Lipinski definition) is 2. The number of nitrogens with zero attached hydrogens (tertiary/aromatic N) is 3. The fraction of sp³-hybridized carbons (Fsp3) is 0.833. The molecule has 1 saturated heterocycles. The van der Waals surface area contributed by atoms with E-state index in [1.165, 1.54) is 10.5 Å². The van der Waals surface area contributed by atoms with Crippen molar-refractivity contribution in [2.24, 2.45) is 5.41 Å².